The predicted molar refractivity (Wildman–Crippen MR) is 133 cm³/mol. The molecule has 1 nitrogen and oxygen atoms in total. The van der Waals surface area contributed by atoms with Crippen molar-refractivity contribution >= 4 is 18.7 Å². The highest BCUT2D eigenvalue weighted by Gasteiger charge is 2.51. The van der Waals surface area contributed by atoms with Gasteiger partial charge in [-0.15, -0.1) is 0 Å². The lowest BCUT2D eigenvalue weighted by Crippen LogP contribution is -2.67. The first kappa shape index (κ1) is 23.3. The molecule has 164 valence electrons. The molecule has 0 bridgehead atoms. The van der Waals surface area contributed by atoms with Gasteiger partial charge in [-0.05, 0) is 52.4 Å². The quantitative estimate of drug-likeness (QED) is 0.458. The summed E-state index contributed by atoms with van der Waals surface area (Å²) in [6.07, 6.45) is 8.12. The van der Waals surface area contributed by atoms with Crippen LogP contribution in [0.4, 0.5) is 0 Å². The van der Waals surface area contributed by atoms with Crippen molar-refractivity contribution in [3.63, 3.8) is 0 Å². The molecule has 2 aromatic carbocycles. The summed E-state index contributed by atoms with van der Waals surface area (Å²) < 4.78 is 7.42. The Kier molecular flexibility index (Phi) is 7.30. The maximum atomic E-state index is 7.42. The highest BCUT2D eigenvalue weighted by atomic mass is 28.4. The molecular formula is C28H42OSi. The molecule has 3 rings (SSSR count). The van der Waals surface area contributed by atoms with Crippen molar-refractivity contribution in [2.45, 2.75) is 91.2 Å². The lowest BCUT2D eigenvalue weighted by Gasteiger charge is -2.46. The van der Waals surface area contributed by atoms with E-state index in [0.717, 1.165) is 5.92 Å². The molecule has 2 atom stereocenters. The summed E-state index contributed by atoms with van der Waals surface area (Å²) in [4.78, 5) is 0. The largest absolute Gasteiger partial charge is 0.404 e. The SMILES string of the molecule is CC(C)(C)CCC1CCCC(O[Si](c2ccccc2)(c2ccccc2)C(C)(C)C)C1. The summed E-state index contributed by atoms with van der Waals surface area (Å²) in [5, 5.41) is 2.87. The number of hydrogen-bond acceptors (Lipinski definition) is 1. The zero-order chi connectivity index (χ0) is 21.8. The van der Waals surface area contributed by atoms with Gasteiger partial charge < -0.3 is 4.43 Å². The van der Waals surface area contributed by atoms with Crippen molar-refractivity contribution in [2.75, 3.05) is 0 Å². The minimum Gasteiger partial charge on any atom is -0.404 e. The summed E-state index contributed by atoms with van der Waals surface area (Å²) in [7, 11) is -2.43. The Morgan fingerprint density at radius 3 is 1.80 bits per heavy atom. The number of rotatable bonds is 6. The third-order valence-electron chi connectivity index (χ3n) is 6.80. The molecule has 0 heterocycles. The second-order valence-corrected chi connectivity index (χ2v) is 15.8. The molecule has 1 saturated carbocycles. The lowest BCUT2D eigenvalue weighted by atomic mass is 9.80. The van der Waals surface area contributed by atoms with E-state index in [9.17, 15) is 0 Å². The predicted octanol–water partition coefficient (Wildman–Crippen LogP) is 6.95. The second-order valence-electron chi connectivity index (χ2n) is 11.5. The highest BCUT2D eigenvalue weighted by Crippen LogP contribution is 2.41. The van der Waals surface area contributed by atoms with Crippen molar-refractivity contribution in [2.24, 2.45) is 11.3 Å². The van der Waals surface area contributed by atoms with Gasteiger partial charge >= 0.3 is 0 Å². The normalized spacial score (nSPS) is 20.9. The summed E-state index contributed by atoms with van der Waals surface area (Å²) in [6, 6.07) is 22.2. The molecule has 1 aliphatic carbocycles. The van der Waals surface area contributed by atoms with Crippen LogP contribution < -0.4 is 10.4 Å². The molecule has 0 N–H and O–H groups in total. The van der Waals surface area contributed by atoms with Gasteiger partial charge in [0.2, 0.25) is 0 Å². The first-order chi connectivity index (χ1) is 14.1. The molecule has 2 heteroatoms. The van der Waals surface area contributed by atoms with Crippen LogP contribution in [0.1, 0.15) is 80.1 Å². The fraction of sp³-hybridized carbons (Fsp3) is 0.571. The van der Waals surface area contributed by atoms with E-state index in [1.807, 2.05) is 0 Å². The highest BCUT2D eigenvalue weighted by molar-refractivity contribution is 6.99. The Labute approximate surface area is 186 Å². The van der Waals surface area contributed by atoms with Crippen molar-refractivity contribution in [1.82, 2.24) is 0 Å². The van der Waals surface area contributed by atoms with Gasteiger partial charge in [0.1, 0.15) is 0 Å². The van der Waals surface area contributed by atoms with E-state index in [1.165, 1.54) is 48.9 Å². The van der Waals surface area contributed by atoms with Crippen LogP contribution in [-0.2, 0) is 4.43 Å². The molecule has 0 aromatic heterocycles. The Morgan fingerprint density at radius 2 is 1.33 bits per heavy atom. The molecule has 1 fully saturated rings. The van der Waals surface area contributed by atoms with Crippen molar-refractivity contribution in [1.29, 1.82) is 0 Å². The summed E-state index contributed by atoms with van der Waals surface area (Å²) in [6.45, 7) is 14.3. The summed E-state index contributed by atoms with van der Waals surface area (Å²) in [5.41, 5.74) is 0.422. The van der Waals surface area contributed by atoms with E-state index in [0.29, 0.717) is 11.5 Å². The fourth-order valence-electron chi connectivity index (χ4n) is 5.19. The average Bonchev–Trinajstić information content (AvgIpc) is 2.71. The van der Waals surface area contributed by atoms with E-state index in [4.69, 9.17) is 4.43 Å². The second kappa shape index (κ2) is 9.40. The molecule has 0 radical (unpaired) electrons. The van der Waals surface area contributed by atoms with Crippen LogP contribution in [0.25, 0.3) is 0 Å². The smallest absolute Gasteiger partial charge is 0.261 e. The molecule has 0 amide bonds. The lowest BCUT2D eigenvalue weighted by molar-refractivity contribution is 0.106. The maximum Gasteiger partial charge on any atom is 0.261 e. The molecule has 0 spiro atoms. The first-order valence-electron chi connectivity index (χ1n) is 11.9. The molecule has 1 aliphatic rings. The van der Waals surface area contributed by atoms with E-state index in [-0.39, 0.29) is 5.04 Å². The summed E-state index contributed by atoms with van der Waals surface area (Å²) in [5.74, 6) is 0.807. The van der Waals surface area contributed by atoms with Crippen LogP contribution in [0.15, 0.2) is 60.7 Å². The summed E-state index contributed by atoms with van der Waals surface area (Å²) >= 11 is 0. The molecule has 2 unspecified atom stereocenters. The fourth-order valence-corrected chi connectivity index (χ4v) is 9.92. The molecular weight excluding hydrogens is 380 g/mol. The Balaban J connectivity index is 1.93. The molecule has 30 heavy (non-hydrogen) atoms. The van der Waals surface area contributed by atoms with Crippen molar-refractivity contribution in [3.8, 4) is 0 Å². The van der Waals surface area contributed by atoms with Gasteiger partial charge in [-0.1, -0.05) is 115 Å². The minimum atomic E-state index is -2.43. The van der Waals surface area contributed by atoms with E-state index < -0.39 is 8.32 Å². The number of hydrogen-bond donors (Lipinski definition) is 0. The van der Waals surface area contributed by atoms with Gasteiger partial charge in [-0.25, -0.2) is 0 Å². The average molecular weight is 423 g/mol. The van der Waals surface area contributed by atoms with Gasteiger partial charge in [0, 0.05) is 6.10 Å². The first-order valence-corrected chi connectivity index (χ1v) is 13.8. The molecule has 2 aromatic rings. The van der Waals surface area contributed by atoms with Gasteiger partial charge in [-0.3, -0.25) is 0 Å². The van der Waals surface area contributed by atoms with Gasteiger partial charge in [0.25, 0.3) is 8.32 Å². The zero-order valence-corrected chi connectivity index (χ0v) is 21.1. The van der Waals surface area contributed by atoms with E-state index in [1.54, 1.807) is 0 Å². The van der Waals surface area contributed by atoms with Crippen LogP contribution in [0.3, 0.4) is 0 Å². The van der Waals surface area contributed by atoms with Gasteiger partial charge in [0.05, 0.1) is 0 Å². The third-order valence-corrected chi connectivity index (χ3v) is 11.9. The maximum absolute atomic E-state index is 7.42. The minimum absolute atomic E-state index is 0.0636. The topological polar surface area (TPSA) is 9.23 Å². The van der Waals surface area contributed by atoms with Crippen LogP contribution >= 0.6 is 0 Å². The van der Waals surface area contributed by atoms with Crippen LogP contribution in [0.2, 0.25) is 5.04 Å². The Hall–Kier alpha value is -1.38. The van der Waals surface area contributed by atoms with E-state index >= 15 is 0 Å². The monoisotopic (exact) mass is 422 g/mol. The van der Waals surface area contributed by atoms with Crippen LogP contribution in [0, 0.1) is 11.3 Å². The molecule has 0 saturated heterocycles. The van der Waals surface area contributed by atoms with Crippen molar-refractivity contribution in [3.05, 3.63) is 60.7 Å². The van der Waals surface area contributed by atoms with Crippen LogP contribution in [-0.4, -0.2) is 14.4 Å². The van der Waals surface area contributed by atoms with Crippen molar-refractivity contribution < 1.29 is 4.43 Å². The molecule has 0 aliphatic heterocycles. The zero-order valence-electron chi connectivity index (χ0n) is 20.1. The van der Waals surface area contributed by atoms with E-state index in [2.05, 4.69) is 102 Å². The van der Waals surface area contributed by atoms with Gasteiger partial charge in [0.15, 0.2) is 0 Å². The number of benzene rings is 2. The van der Waals surface area contributed by atoms with Gasteiger partial charge in [-0.2, -0.15) is 0 Å². The standard InChI is InChI=1S/C28H42OSi/c1-27(2,3)21-20-23-14-13-15-24(22-23)29-30(28(4,5)6,25-16-9-7-10-17-25)26-18-11-8-12-19-26/h7-12,16-19,23-24H,13-15,20-22H2,1-6H3. The Morgan fingerprint density at radius 1 is 0.800 bits per heavy atom. The van der Waals surface area contributed by atoms with Crippen LogP contribution in [0.5, 0.6) is 0 Å². The third kappa shape index (κ3) is 5.45. The Bertz CT molecular complexity index is 730.